The molecule has 0 fully saturated rings. The van der Waals surface area contributed by atoms with Crippen LogP contribution in [0.15, 0.2) is 89.4 Å². The van der Waals surface area contributed by atoms with Gasteiger partial charge in [0, 0.05) is 85.5 Å². The molecule has 32 nitrogen and oxygen atoms in total. The molecule has 1 aliphatic carbocycles. The Balaban J connectivity index is 0.931. The number of aromatic amines is 4. The summed E-state index contributed by atoms with van der Waals surface area (Å²) in [6.45, 7) is 11.0. The highest BCUT2D eigenvalue weighted by molar-refractivity contribution is 5.76. The van der Waals surface area contributed by atoms with Crippen molar-refractivity contribution in [2.75, 3.05) is 85.3 Å². The predicted octanol–water partition coefficient (Wildman–Crippen LogP) is 5.97. The smallest absolute Gasteiger partial charge is 0.334 e. The monoisotopic (exact) mass is 1400 g/mol. The Labute approximate surface area is 587 Å². The molecule has 0 aliphatic heterocycles. The third-order valence-electron chi connectivity index (χ3n) is 16.4. The van der Waals surface area contributed by atoms with Crippen molar-refractivity contribution in [3.8, 4) is 23.0 Å². The number of anilines is 8. The Bertz CT molecular complexity index is 4100. The minimum atomic E-state index is -0.957. The first-order valence-electron chi connectivity index (χ1n) is 35.0. The lowest BCUT2D eigenvalue weighted by molar-refractivity contribution is -0.122. The van der Waals surface area contributed by atoms with Crippen molar-refractivity contribution in [3.05, 3.63) is 168 Å². The number of nitrogens with two attached hydrogens (primary N) is 2. The summed E-state index contributed by atoms with van der Waals surface area (Å²) in [5.41, 5.74) is 15.8. The summed E-state index contributed by atoms with van der Waals surface area (Å²) in [6.07, 6.45) is 12.9. The van der Waals surface area contributed by atoms with E-state index in [0.29, 0.717) is 124 Å². The number of nitrogens with one attached hydrogen (secondary N) is 10. The molecule has 0 unspecified atom stereocenters. The van der Waals surface area contributed by atoms with Crippen molar-refractivity contribution in [1.82, 2.24) is 69.6 Å². The summed E-state index contributed by atoms with van der Waals surface area (Å²) < 4.78 is 28.6. The van der Waals surface area contributed by atoms with E-state index >= 15 is 0 Å². The summed E-state index contributed by atoms with van der Waals surface area (Å²) in [6, 6.07) is 20.8. The standard InChI is InChI=1S/C70H92N20O12/c1-5-29-99-55-43-21-19-22-44(55)34-48-38-52(78-64-82-60(72)80-62(84-64)76-28-18-14-10-12-16-26-74-54(92)42-90-69(97)87-66(94)88-70(90)98)40-50(58(48)102-32-8-4)36-46-24-20-23-45(56(46)100-30-6-2)35-49-39-51(37-47(33-43)57(49)101-31-7-3)77-63-81-59(71)79-61(83-63)75-27-17-13-9-11-15-25-73-53(91)41-89-67(95)85-65(93)86-68(89)96/h19-24,37-40H,5-18,25-36,41-42H2,1-4H3,(H,73,91)(H,74,92)(H2,85,86,93,95,96)(H2,87,88,94,97,98)(H4,71,75,77,79,81,83)(H4,72,76,78,80,82,84). The van der Waals surface area contributed by atoms with Crippen LogP contribution < -0.4 is 96.5 Å². The number of H-pyrrole nitrogens is 4. The van der Waals surface area contributed by atoms with Crippen LogP contribution in [0.4, 0.5) is 47.1 Å². The van der Waals surface area contributed by atoms with Crippen LogP contribution in [0.1, 0.15) is 162 Å². The SMILES string of the molecule is CCCOc1c2cccc1Cc1cc(Nc3nc(N)nc(NCCCCCCCNC(=O)Cn4c(=O)[nH]c(=O)[nH]c4=O)n3)cc(c1OCCC)Cc1cccc(c1OCCC)Cc1cc(Nc3nc(N)nc(NCCCCCCCNC(=O)Cn4c(=O)[nH]c(=O)[nH]c4=O)n3)cc(c1OCCC)C2. The van der Waals surface area contributed by atoms with Gasteiger partial charge in [-0.3, -0.25) is 29.5 Å². The molecule has 4 aromatic heterocycles. The van der Waals surface area contributed by atoms with Gasteiger partial charge >= 0.3 is 34.1 Å². The molecule has 0 spiro atoms. The maximum atomic E-state index is 12.4. The molecule has 14 N–H and O–H groups in total. The summed E-state index contributed by atoms with van der Waals surface area (Å²) in [7, 11) is 0. The summed E-state index contributed by atoms with van der Waals surface area (Å²) in [5.74, 6) is 3.12. The highest BCUT2D eigenvalue weighted by Crippen LogP contribution is 2.42. The van der Waals surface area contributed by atoms with Crippen molar-refractivity contribution in [2.24, 2.45) is 0 Å². The molecule has 2 amide bonds. The number of fused-ring (bicyclic) bond motifs is 8. The maximum absolute atomic E-state index is 12.4. The number of nitrogen functional groups attached to an aromatic ring is 2. The minimum absolute atomic E-state index is 0.0265. The van der Waals surface area contributed by atoms with Gasteiger partial charge in [0.15, 0.2) is 0 Å². The quantitative estimate of drug-likeness (QED) is 0.0198. The molecule has 4 aromatic carbocycles. The molecule has 8 bridgehead atoms. The first-order chi connectivity index (χ1) is 49.5. The lowest BCUT2D eigenvalue weighted by Gasteiger charge is -2.24. The molecule has 32 heteroatoms. The van der Waals surface area contributed by atoms with E-state index in [4.69, 9.17) is 40.4 Å². The number of para-hydroxylation sites is 2. The second-order valence-corrected chi connectivity index (χ2v) is 24.7. The van der Waals surface area contributed by atoms with Gasteiger partial charge in [-0.15, -0.1) is 0 Å². The number of rotatable bonds is 38. The van der Waals surface area contributed by atoms with E-state index in [1.807, 2.05) is 19.9 Å². The van der Waals surface area contributed by atoms with Crippen molar-refractivity contribution in [3.63, 3.8) is 0 Å². The van der Waals surface area contributed by atoms with Crippen LogP contribution in [0.5, 0.6) is 23.0 Å². The zero-order valence-corrected chi connectivity index (χ0v) is 58.2. The zero-order valence-electron chi connectivity index (χ0n) is 58.2. The van der Waals surface area contributed by atoms with Gasteiger partial charge in [0.1, 0.15) is 36.1 Å². The molecule has 0 saturated heterocycles. The van der Waals surface area contributed by atoms with E-state index in [-0.39, 0.29) is 23.8 Å². The van der Waals surface area contributed by atoms with E-state index in [2.05, 4.69) is 140 Å². The van der Waals surface area contributed by atoms with Gasteiger partial charge in [-0.25, -0.2) is 37.9 Å². The second-order valence-electron chi connectivity index (χ2n) is 24.7. The third kappa shape index (κ3) is 21.8. The van der Waals surface area contributed by atoms with Crippen LogP contribution in [0.3, 0.4) is 0 Å². The molecular weight excluding hydrogens is 1310 g/mol. The Hall–Kier alpha value is -11.3. The predicted molar refractivity (Wildman–Crippen MR) is 388 cm³/mol. The number of amides is 2. The number of benzene rings is 4. The van der Waals surface area contributed by atoms with Crippen LogP contribution in [0.25, 0.3) is 0 Å². The topological polar surface area (TPSA) is 448 Å². The van der Waals surface area contributed by atoms with E-state index in [0.717, 1.165) is 145 Å². The van der Waals surface area contributed by atoms with Crippen LogP contribution in [0, 0.1) is 0 Å². The Morgan fingerprint density at radius 1 is 0.402 bits per heavy atom. The van der Waals surface area contributed by atoms with Crippen LogP contribution in [-0.4, -0.2) is 123 Å². The number of aromatic nitrogens is 12. The Morgan fingerprint density at radius 3 is 1.00 bits per heavy atom. The molecule has 1 aliphatic rings. The number of unbranched alkanes of at least 4 members (excludes halogenated alkanes) is 8. The van der Waals surface area contributed by atoms with Gasteiger partial charge in [0.2, 0.25) is 47.5 Å². The van der Waals surface area contributed by atoms with Crippen LogP contribution in [-0.2, 0) is 48.4 Å². The summed E-state index contributed by atoms with van der Waals surface area (Å²) in [5, 5.41) is 19.0. The van der Waals surface area contributed by atoms with Gasteiger partial charge in [0.25, 0.3) is 0 Å². The van der Waals surface area contributed by atoms with Crippen molar-refractivity contribution in [2.45, 2.75) is 156 Å². The van der Waals surface area contributed by atoms with Gasteiger partial charge in [-0.2, -0.15) is 29.9 Å². The van der Waals surface area contributed by atoms with Crippen molar-refractivity contribution in [1.29, 1.82) is 0 Å². The van der Waals surface area contributed by atoms with E-state index in [1.54, 1.807) is 0 Å². The Kier molecular flexibility index (Phi) is 27.7. The maximum Gasteiger partial charge on any atom is 0.334 e. The van der Waals surface area contributed by atoms with Gasteiger partial charge in [-0.05, 0) is 97.9 Å². The average molecular weight is 1410 g/mol. The largest absolute Gasteiger partial charge is 0.493 e. The molecule has 0 atom stereocenters. The molecule has 0 radical (unpaired) electrons. The minimum Gasteiger partial charge on any atom is -0.493 e. The fraction of sp³-hybridized carbons (Fsp3) is 0.457. The number of carbonyl (C=O) groups excluding carboxylic acids is 2. The van der Waals surface area contributed by atoms with Crippen molar-refractivity contribution < 1.29 is 28.5 Å². The number of hydrogen-bond acceptors (Lipinski definition) is 24. The highest BCUT2D eigenvalue weighted by Gasteiger charge is 2.25. The number of ether oxygens (including phenoxy) is 4. The van der Waals surface area contributed by atoms with Crippen LogP contribution in [0.2, 0.25) is 0 Å². The molecule has 102 heavy (non-hydrogen) atoms. The summed E-state index contributed by atoms with van der Waals surface area (Å²) >= 11 is 0. The lowest BCUT2D eigenvalue weighted by Crippen LogP contribution is -2.46. The average Bonchev–Trinajstić information content (AvgIpc) is 0.778. The molecule has 9 rings (SSSR count). The lowest BCUT2D eigenvalue weighted by atomic mass is 9.90. The third-order valence-corrected chi connectivity index (χ3v) is 16.4. The first-order valence-corrected chi connectivity index (χ1v) is 35.0. The number of hydrogen-bond donors (Lipinski definition) is 12. The van der Waals surface area contributed by atoms with Gasteiger partial charge in [0.05, 0.1) is 26.4 Å². The van der Waals surface area contributed by atoms with E-state index < -0.39 is 59.0 Å². The number of carbonyl (C=O) groups is 2. The fourth-order valence-corrected chi connectivity index (χ4v) is 11.7. The van der Waals surface area contributed by atoms with E-state index in [9.17, 15) is 38.4 Å². The molecule has 4 heterocycles. The zero-order chi connectivity index (χ0) is 72.3. The molecule has 0 saturated carbocycles. The van der Waals surface area contributed by atoms with Gasteiger partial charge < -0.3 is 62.3 Å². The highest BCUT2D eigenvalue weighted by atomic mass is 16.5. The molecule has 544 valence electrons. The van der Waals surface area contributed by atoms with Gasteiger partial charge in [-0.1, -0.05) is 103 Å². The first kappa shape index (κ1) is 74.9. The number of nitrogens with zero attached hydrogens (tertiary/aromatic N) is 8. The van der Waals surface area contributed by atoms with Crippen molar-refractivity contribution >= 4 is 58.9 Å². The summed E-state index contributed by atoms with van der Waals surface area (Å²) in [4.78, 5) is 130. The fourth-order valence-electron chi connectivity index (χ4n) is 11.7. The normalized spacial score (nSPS) is 11.7. The Morgan fingerprint density at radius 2 is 0.686 bits per heavy atom. The molecular formula is C70H92N20O12. The molecule has 8 aromatic rings. The van der Waals surface area contributed by atoms with E-state index in [1.165, 1.54) is 0 Å². The second kappa shape index (κ2) is 37.7. The van der Waals surface area contributed by atoms with Crippen LogP contribution >= 0.6 is 0 Å².